The molecule has 0 saturated heterocycles. The Morgan fingerprint density at radius 2 is 2.18 bits per heavy atom. The van der Waals surface area contributed by atoms with E-state index in [1.165, 1.54) is 6.20 Å². The van der Waals surface area contributed by atoms with E-state index in [1.807, 2.05) is 33.1 Å². The highest BCUT2D eigenvalue weighted by Gasteiger charge is 2.15. The van der Waals surface area contributed by atoms with E-state index < -0.39 is 6.09 Å². The summed E-state index contributed by atoms with van der Waals surface area (Å²) in [5.41, 5.74) is 0.736. The molecule has 0 saturated carbocycles. The van der Waals surface area contributed by atoms with E-state index in [9.17, 15) is 4.79 Å². The lowest BCUT2D eigenvalue weighted by Gasteiger charge is -2.19. The molecule has 1 aromatic heterocycles. The minimum Gasteiger partial charge on any atom is -0.409 e. The van der Waals surface area contributed by atoms with Crippen molar-refractivity contribution in [1.82, 2.24) is 10.3 Å². The molecule has 0 spiro atoms. The first-order valence-corrected chi connectivity index (χ1v) is 6.73. The van der Waals surface area contributed by atoms with Gasteiger partial charge in [-0.25, -0.2) is 4.79 Å². The summed E-state index contributed by atoms with van der Waals surface area (Å²) in [6.45, 7) is 5.70. The van der Waals surface area contributed by atoms with Crippen molar-refractivity contribution < 1.29 is 9.53 Å². The molecule has 0 atom stereocenters. The van der Waals surface area contributed by atoms with Crippen molar-refractivity contribution >= 4 is 17.9 Å². The van der Waals surface area contributed by atoms with Gasteiger partial charge in [0.2, 0.25) is 0 Å². The molecule has 1 aromatic rings. The number of hydrogen-bond acceptors (Lipinski definition) is 4. The molecule has 1 rings (SSSR count). The Bertz CT molecular complexity index is 388. The van der Waals surface area contributed by atoms with E-state index >= 15 is 0 Å². The van der Waals surface area contributed by atoms with E-state index in [1.54, 1.807) is 18.0 Å². The first-order chi connectivity index (χ1) is 7.90. The van der Waals surface area contributed by atoms with Gasteiger partial charge in [0.1, 0.15) is 0 Å². The maximum Gasteiger partial charge on any atom is 0.413 e. The van der Waals surface area contributed by atoms with E-state index in [0.717, 1.165) is 11.3 Å². The molecule has 17 heavy (non-hydrogen) atoms. The summed E-state index contributed by atoms with van der Waals surface area (Å²) in [6.07, 6.45) is 4.86. The Morgan fingerprint density at radius 1 is 1.47 bits per heavy atom. The van der Waals surface area contributed by atoms with Gasteiger partial charge in [0.05, 0.1) is 6.20 Å². The predicted molar refractivity (Wildman–Crippen MR) is 70.4 cm³/mol. The SMILES string of the molecule is CSCc1cncc(OC(=O)NC(C)(C)C)c1. The van der Waals surface area contributed by atoms with Crippen molar-refractivity contribution in [3.8, 4) is 5.75 Å². The van der Waals surface area contributed by atoms with E-state index in [0.29, 0.717) is 5.75 Å². The molecule has 0 aromatic carbocycles. The second-order valence-corrected chi connectivity index (χ2v) is 5.59. The smallest absolute Gasteiger partial charge is 0.409 e. The highest BCUT2D eigenvalue weighted by atomic mass is 32.2. The molecule has 1 heterocycles. The van der Waals surface area contributed by atoms with E-state index in [2.05, 4.69) is 10.3 Å². The molecule has 0 unspecified atom stereocenters. The zero-order valence-electron chi connectivity index (χ0n) is 10.6. The molecular weight excluding hydrogens is 236 g/mol. The monoisotopic (exact) mass is 254 g/mol. The maximum absolute atomic E-state index is 11.5. The lowest BCUT2D eigenvalue weighted by atomic mass is 10.1. The van der Waals surface area contributed by atoms with Crippen LogP contribution in [0.15, 0.2) is 18.5 Å². The van der Waals surface area contributed by atoms with E-state index in [-0.39, 0.29) is 5.54 Å². The molecule has 0 bridgehead atoms. The number of ether oxygens (including phenoxy) is 1. The molecule has 0 aliphatic rings. The van der Waals surface area contributed by atoms with Crippen LogP contribution in [0.25, 0.3) is 0 Å². The molecule has 0 fully saturated rings. The summed E-state index contributed by atoms with van der Waals surface area (Å²) in [4.78, 5) is 15.6. The molecule has 1 amide bonds. The molecule has 5 heteroatoms. The number of aromatic nitrogens is 1. The first-order valence-electron chi connectivity index (χ1n) is 5.33. The number of carbonyl (C=O) groups excluding carboxylic acids is 1. The fourth-order valence-corrected chi connectivity index (χ4v) is 1.70. The summed E-state index contributed by atoms with van der Waals surface area (Å²) in [5, 5.41) is 2.72. The highest BCUT2D eigenvalue weighted by molar-refractivity contribution is 7.97. The number of rotatable bonds is 3. The largest absolute Gasteiger partial charge is 0.413 e. The van der Waals surface area contributed by atoms with Gasteiger partial charge in [0, 0.05) is 17.5 Å². The Balaban J connectivity index is 2.62. The molecule has 0 aliphatic carbocycles. The fraction of sp³-hybridized carbons (Fsp3) is 0.500. The number of amides is 1. The molecular formula is C12H18N2O2S. The summed E-state index contributed by atoms with van der Waals surface area (Å²) in [6, 6.07) is 1.83. The maximum atomic E-state index is 11.5. The Hall–Kier alpha value is -1.23. The minimum atomic E-state index is -0.458. The summed E-state index contributed by atoms with van der Waals surface area (Å²) >= 11 is 1.70. The Morgan fingerprint density at radius 3 is 2.76 bits per heavy atom. The van der Waals surface area contributed by atoms with Crippen molar-refractivity contribution in [3.05, 3.63) is 24.0 Å². The van der Waals surface area contributed by atoms with Crippen LogP contribution in [0.1, 0.15) is 26.3 Å². The van der Waals surface area contributed by atoms with Crippen LogP contribution in [0.5, 0.6) is 5.75 Å². The number of nitrogens with one attached hydrogen (secondary N) is 1. The summed E-state index contributed by atoms with van der Waals surface area (Å²) in [5.74, 6) is 1.32. The van der Waals surface area contributed by atoms with Gasteiger partial charge in [-0.2, -0.15) is 11.8 Å². The van der Waals surface area contributed by atoms with Crippen molar-refractivity contribution in [3.63, 3.8) is 0 Å². The van der Waals surface area contributed by atoms with Gasteiger partial charge in [0.25, 0.3) is 0 Å². The average molecular weight is 254 g/mol. The molecule has 4 nitrogen and oxygen atoms in total. The van der Waals surface area contributed by atoms with Crippen molar-refractivity contribution in [2.45, 2.75) is 32.1 Å². The Labute approximate surface area is 106 Å². The summed E-state index contributed by atoms with van der Waals surface area (Å²) in [7, 11) is 0. The number of hydrogen-bond donors (Lipinski definition) is 1. The van der Waals surface area contributed by atoms with Crippen LogP contribution < -0.4 is 10.1 Å². The van der Waals surface area contributed by atoms with Gasteiger partial charge in [-0.15, -0.1) is 0 Å². The van der Waals surface area contributed by atoms with Crippen molar-refractivity contribution in [2.24, 2.45) is 0 Å². The molecule has 0 aliphatic heterocycles. The fourth-order valence-electron chi connectivity index (χ4n) is 1.20. The topological polar surface area (TPSA) is 51.2 Å². The molecule has 94 valence electrons. The predicted octanol–water partition coefficient (Wildman–Crippen LogP) is 2.83. The molecule has 1 N–H and O–H groups in total. The standard InChI is InChI=1S/C12H18N2O2S/c1-12(2,3)14-11(15)16-10-5-9(8-17-4)6-13-7-10/h5-7H,8H2,1-4H3,(H,14,15). The average Bonchev–Trinajstić information content (AvgIpc) is 2.15. The van der Waals surface area contributed by atoms with Crippen LogP contribution in [0.3, 0.4) is 0 Å². The number of carbonyl (C=O) groups is 1. The van der Waals surface area contributed by atoms with Crippen LogP contribution in [-0.2, 0) is 5.75 Å². The second-order valence-electron chi connectivity index (χ2n) is 4.73. The van der Waals surface area contributed by atoms with Gasteiger partial charge in [0.15, 0.2) is 5.75 Å². The van der Waals surface area contributed by atoms with Gasteiger partial charge in [-0.1, -0.05) is 0 Å². The van der Waals surface area contributed by atoms with Crippen LogP contribution in [-0.4, -0.2) is 22.9 Å². The van der Waals surface area contributed by atoms with Crippen LogP contribution >= 0.6 is 11.8 Å². The van der Waals surface area contributed by atoms with Crippen LogP contribution in [0, 0.1) is 0 Å². The van der Waals surface area contributed by atoms with Crippen LogP contribution in [0.2, 0.25) is 0 Å². The number of thioether (sulfide) groups is 1. The quantitative estimate of drug-likeness (QED) is 0.901. The third-order valence-corrected chi connectivity index (χ3v) is 2.39. The molecule has 0 radical (unpaired) electrons. The zero-order valence-corrected chi connectivity index (χ0v) is 11.4. The van der Waals surface area contributed by atoms with Crippen LogP contribution in [0.4, 0.5) is 4.79 Å². The van der Waals surface area contributed by atoms with Crippen molar-refractivity contribution in [2.75, 3.05) is 6.26 Å². The zero-order chi connectivity index (χ0) is 12.9. The lowest BCUT2D eigenvalue weighted by Crippen LogP contribution is -2.42. The number of nitrogens with zero attached hydrogens (tertiary/aromatic N) is 1. The van der Waals surface area contributed by atoms with E-state index in [4.69, 9.17) is 4.74 Å². The number of pyridine rings is 1. The highest BCUT2D eigenvalue weighted by Crippen LogP contribution is 2.15. The normalized spacial score (nSPS) is 11.1. The third-order valence-electron chi connectivity index (χ3n) is 1.77. The van der Waals surface area contributed by atoms with Gasteiger partial charge in [-0.3, -0.25) is 4.98 Å². The van der Waals surface area contributed by atoms with Gasteiger partial charge in [-0.05, 0) is 38.7 Å². The third kappa shape index (κ3) is 5.58. The lowest BCUT2D eigenvalue weighted by molar-refractivity contribution is 0.190. The van der Waals surface area contributed by atoms with Gasteiger partial charge >= 0.3 is 6.09 Å². The summed E-state index contributed by atoms with van der Waals surface area (Å²) < 4.78 is 5.16. The second kappa shape index (κ2) is 5.91. The minimum absolute atomic E-state index is 0.304. The Kier molecular flexibility index (Phi) is 4.81. The van der Waals surface area contributed by atoms with Gasteiger partial charge < -0.3 is 10.1 Å². The first kappa shape index (κ1) is 13.8. The van der Waals surface area contributed by atoms with Crippen molar-refractivity contribution in [1.29, 1.82) is 0 Å².